The fourth-order valence-electron chi connectivity index (χ4n) is 3.99. The maximum Gasteiger partial charge on any atom is 0.417 e. The highest BCUT2D eigenvalue weighted by Crippen LogP contribution is 2.37. The molecular weight excluding hydrogens is 417 g/mol. The Hall–Kier alpha value is -3.35. The minimum absolute atomic E-state index is 0.0939. The third-order valence-electron chi connectivity index (χ3n) is 5.51. The Morgan fingerprint density at radius 1 is 0.906 bits per heavy atom. The van der Waals surface area contributed by atoms with Gasteiger partial charge in [0.15, 0.2) is 11.5 Å². The summed E-state index contributed by atoms with van der Waals surface area (Å²) in [7, 11) is 3.18. The Balaban J connectivity index is 1.82. The van der Waals surface area contributed by atoms with Crippen molar-refractivity contribution in [1.29, 1.82) is 0 Å². The van der Waals surface area contributed by atoms with Crippen LogP contribution in [0.4, 0.5) is 13.2 Å². The van der Waals surface area contributed by atoms with Crippen molar-refractivity contribution < 1.29 is 22.6 Å². The summed E-state index contributed by atoms with van der Waals surface area (Å²) in [5, 5.41) is 2.03. The second kappa shape index (κ2) is 8.65. The number of alkyl halides is 3. The molecule has 0 unspecified atom stereocenters. The number of methoxy groups -OCH3 is 2. The van der Waals surface area contributed by atoms with Crippen molar-refractivity contribution in [1.82, 2.24) is 9.97 Å². The van der Waals surface area contributed by atoms with E-state index in [0.29, 0.717) is 29.1 Å². The molecule has 7 heteroatoms. The molecule has 32 heavy (non-hydrogen) atoms. The minimum atomic E-state index is -4.42. The fraction of sp³-hybridized carbons (Fsp3) is 0.280. The van der Waals surface area contributed by atoms with E-state index in [-0.39, 0.29) is 5.39 Å². The largest absolute Gasteiger partial charge is 0.493 e. The zero-order valence-corrected chi connectivity index (χ0v) is 18.1. The molecule has 0 amide bonds. The molecule has 0 spiro atoms. The van der Waals surface area contributed by atoms with Crippen LogP contribution in [-0.2, 0) is 19.0 Å². The molecule has 166 valence electrons. The van der Waals surface area contributed by atoms with Crippen LogP contribution in [0.5, 0.6) is 11.5 Å². The van der Waals surface area contributed by atoms with Crippen LogP contribution in [0, 0.1) is 0 Å². The molecule has 0 fully saturated rings. The normalized spacial score (nSPS) is 11.8. The predicted octanol–water partition coefficient (Wildman–Crippen LogP) is 6.36. The lowest BCUT2D eigenvalue weighted by atomic mass is 9.98. The lowest BCUT2D eigenvalue weighted by molar-refractivity contribution is -0.136. The van der Waals surface area contributed by atoms with Gasteiger partial charge in [-0.2, -0.15) is 13.2 Å². The van der Waals surface area contributed by atoms with Gasteiger partial charge in [-0.25, -0.2) is 0 Å². The first-order valence-electron chi connectivity index (χ1n) is 10.3. The molecule has 0 saturated heterocycles. The zero-order chi connectivity index (χ0) is 22.9. The standard InChI is InChI=1S/C25H23F3N2O2/c1-4-6-21-19-13-24(32-3)23(31-2)12-18(19)15(14-29-21)11-16-9-10-17-20(25(26,27)28)7-5-8-22(17)30-16/h5,7-10,12-14H,4,6,11H2,1-3H3. The van der Waals surface area contributed by atoms with Gasteiger partial charge >= 0.3 is 6.18 Å². The highest BCUT2D eigenvalue weighted by Gasteiger charge is 2.32. The van der Waals surface area contributed by atoms with E-state index in [1.165, 1.54) is 12.1 Å². The molecule has 4 rings (SSSR count). The Morgan fingerprint density at radius 2 is 1.62 bits per heavy atom. The van der Waals surface area contributed by atoms with E-state index >= 15 is 0 Å². The number of rotatable bonds is 6. The number of aryl methyl sites for hydroxylation is 1. The number of hydrogen-bond acceptors (Lipinski definition) is 4. The molecule has 4 aromatic rings. The van der Waals surface area contributed by atoms with Gasteiger partial charge in [0.1, 0.15) is 0 Å². The summed E-state index contributed by atoms with van der Waals surface area (Å²) in [4.78, 5) is 9.16. The van der Waals surface area contributed by atoms with Gasteiger partial charge < -0.3 is 9.47 Å². The van der Waals surface area contributed by atoms with Gasteiger partial charge in [0.05, 0.1) is 25.3 Å². The maximum atomic E-state index is 13.3. The van der Waals surface area contributed by atoms with Gasteiger partial charge in [0.2, 0.25) is 0 Å². The third-order valence-corrected chi connectivity index (χ3v) is 5.51. The molecule has 0 saturated carbocycles. The van der Waals surface area contributed by atoms with Crippen LogP contribution in [0.25, 0.3) is 21.7 Å². The van der Waals surface area contributed by atoms with E-state index in [9.17, 15) is 13.2 Å². The Labute approximate surface area is 184 Å². The average molecular weight is 440 g/mol. The number of nitrogens with zero attached hydrogens (tertiary/aromatic N) is 2. The van der Waals surface area contributed by atoms with Gasteiger partial charge in [0, 0.05) is 34.8 Å². The summed E-state index contributed by atoms with van der Waals surface area (Å²) in [6.45, 7) is 2.09. The van der Waals surface area contributed by atoms with E-state index in [4.69, 9.17) is 9.47 Å². The van der Waals surface area contributed by atoms with E-state index in [2.05, 4.69) is 16.9 Å². The second-order valence-electron chi connectivity index (χ2n) is 7.58. The van der Waals surface area contributed by atoms with Crippen LogP contribution in [0.15, 0.2) is 48.7 Å². The maximum absolute atomic E-state index is 13.3. The van der Waals surface area contributed by atoms with Gasteiger partial charge in [0.25, 0.3) is 0 Å². The lowest BCUT2D eigenvalue weighted by Gasteiger charge is -2.15. The summed E-state index contributed by atoms with van der Waals surface area (Å²) in [6, 6.07) is 11.0. The quantitative estimate of drug-likeness (QED) is 0.350. The summed E-state index contributed by atoms with van der Waals surface area (Å²) in [6.07, 6.45) is -0.410. The van der Waals surface area contributed by atoms with Crippen LogP contribution in [0.2, 0.25) is 0 Å². The van der Waals surface area contributed by atoms with Gasteiger partial charge in [-0.05, 0) is 47.7 Å². The molecule has 0 N–H and O–H groups in total. The van der Waals surface area contributed by atoms with E-state index in [1.54, 1.807) is 26.4 Å². The van der Waals surface area contributed by atoms with Crippen LogP contribution in [0.3, 0.4) is 0 Å². The highest BCUT2D eigenvalue weighted by atomic mass is 19.4. The molecule has 0 aliphatic carbocycles. The number of pyridine rings is 2. The SMILES string of the molecule is CCCc1ncc(Cc2ccc3c(C(F)(F)F)cccc3n2)c2cc(OC)c(OC)cc12. The monoisotopic (exact) mass is 440 g/mol. The van der Waals surface area contributed by atoms with E-state index < -0.39 is 11.7 Å². The molecule has 0 radical (unpaired) electrons. The van der Waals surface area contributed by atoms with Crippen molar-refractivity contribution in [2.45, 2.75) is 32.4 Å². The molecule has 2 aromatic heterocycles. The zero-order valence-electron chi connectivity index (χ0n) is 18.1. The summed E-state index contributed by atoms with van der Waals surface area (Å²) >= 11 is 0. The first kappa shape index (κ1) is 21.9. The van der Waals surface area contributed by atoms with Crippen LogP contribution in [-0.4, -0.2) is 24.2 Å². The second-order valence-corrected chi connectivity index (χ2v) is 7.58. The van der Waals surface area contributed by atoms with Crippen molar-refractivity contribution in [2.75, 3.05) is 14.2 Å². The number of hydrogen-bond donors (Lipinski definition) is 0. The molecule has 4 nitrogen and oxygen atoms in total. The Kier molecular flexibility index (Phi) is 5.91. The molecule has 0 aliphatic rings. The van der Waals surface area contributed by atoms with Crippen LogP contribution < -0.4 is 9.47 Å². The van der Waals surface area contributed by atoms with Crippen molar-refractivity contribution in [2.24, 2.45) is 0 Å². The predicted molar refractivity (Wildman–Crippen MR) is 118 cm³/mol. The van der Waals surface area contributed by atoms with Crippen molar-refractivity contribution >= 4 is 21.7 Å². The number of fused-ring (bicyclic) bond motifs is 2. The van der Waals surface area contributed by atoms with Gasteiger partial charge in [-0.3, -0.25) is 9.97 Å². The first-order valence-corrected chi connectivity index (χ1v) is 10.3. The number of benzene rings is 2. The molecular formula is C25H23F3N2O2. The van der Waals surface area contributed by atoms with Crippen molar-refractivity contribution in [3.05, 3.63) is 71.2 Å². The molecule has 2 aromatic carbocycles. The highest BCUT2D eigenvalue weighted by molar-refractivity contribution is 5.91. The summed E-state index contributed by atoms with van der Waals surface area (Å²) in [5.74, 6) is 1.23. The molecule has 0 atom stereocenters. The molecule has 2 heterocycles. The van der Waals surface area contributed by atoms with Gasteiger partial charge in [-0.1, -0.05) is 25.5 Å². The van der Waals surface area contributed by atoms with Crippen LogP contribution >= 0.6 is 0 Å². The van der Waals surface area contributed by atoms with Crippen LogP contribution in [0.1, 0.15) is 35.9 Å². The van der Waals surface area contributed by atoms with Crippen molar-refractivity contribution in [3.63, 3.8) is 0 Å². The number of halogens is 3. The molecule has 0 aliphatic heterocycles. The Bertz CT molecular complexity index is 1290. The average Bonchev–Trinajstić information content (AvgIpc) is 2.78. The Morgan fingerprint density at radius 3 is 2.28 bits per heavy atom. The van der Waals surface area contributed by atoms with E-state index in [1.807, 2.05) is 18.3 Å². The topological polar surface area (TPSA) is 44.2 Å². The fourth-order valence-corrected chi connectivity index (χ4v) is 3.99. The molecule has 0 bridgehead atoms. The smallest absolute Gasteiger partial charge is 0.417 e. The summed E-state index contributed by atoms with van der Waals surface area (Å²) < 4.78 is 50.9. The summed E-state index contributed by atoms with van der Waals surface area (Å²) in [5.41, 5.74) is 2.18. The minimum Gasteiger partial charge on any atom is -0.493 e. The first-order chi connectivity index (χ1) is 15.4. The van der Waals surface area contributed by atoms with Gasteiger partial charge in [-0.15, -0.1) is 0 Å². The van der Waals surface area contributed by atoms with E-state index in [0.717, 1.165) is 40.9 Å². The van der Waals surface area contributed by atoms with Crippen molar-refractivity contribution in [3.8, 4) is 11.5 Å². The lowest BCUT2D eigenvalue weighted by Crippen LogP contribution is -2.06. The third kappa shape index (κ3) is 4.07. The number of ether oxygens (including phenoxy) is 2. The number of aromatic nitrogens is 2.